The van der Waals surface area contributed by atoms with Crippen molar-refractivity contribution in [3.63, 3.8) is 0 Å². The van der Waals surface area contributed by atoms with Crippen molar-refractivity contribution < 1.29 is 18.5 Å². The van der Waals surface area contributed by atoms with Crippen LogP contribution in [0.25, 0.3) is 0 Å². The van der Waals surface area contributed by atoms with E-state index in [0.717, 1.165) is 5.56 Å². The van der Waals surface area contributed by atoms with Gasteiger partial charge in [0.15, 0.2) is 5.69 Å². The first kappa shape index (κ1) is 15.7. The minimum absolute atomic E-state index is 0.121. The molecule has 1 atom stereocenters. The van der Waals surface area contributed by atoms with Gasteiger partial charge in [0.2, 0.25) is 5.91 Å². The van der Waals surface area contributed by atoms with Gasteiger partial charge in [0, 0.05) is 12.6 Å². The fourth-order valence-corrected chi connectivity index (χ4v) is 1.75. The fraction of sp³-hybridized carbons (Fsp3) is 0.267. The van der Waals surface area contributed by atoms with Crippen molar-refractivity contribution in [1.82, 2.24) is 15.8 Å². The summed E-state index contributed by atoms with van der Waals surface area (Å²) in [6.07, 6.45) is 0. The first-order valence-electron chi connectivity index (χ1n) is 6.72. The molecule has 0 aliphatic heterocycles. The molecular formula is C15H16FN3O3. The van der Waals surface area contributed by atoms with E-state index >= 15 is 0 Å². The van der Waals surface area contributed by atoms with Gasteiger partial charge in [-0.25, -0.2) is 4.39 Å². The molecule has 6 nitrogen and oxygen atoms in total. The van der Waals surface area contributed by atoms with Crippen molar-refractivity contribution in [3.8, 4) is 0 Å². The van der Waals surface area contributed by atoms with Gasteiger partial charge in [-0.3, -0.25) is 9.59 Å². The molecule has 0 radical (unpaired) electrons. The standard InChI is InChI=1S/C15H16FN3O3/c1-9-7-13(19-22-9)15(21)18-10(2)14(20)17-8-11-3-5-12(16)6-4-11/h3-7,10H,8H2,1-2H3,(H,17,20)(H,18,21). The van der Waals surface area contributed by atoms with E-state index in [2.05, 4.69) is 15.8 Å². The topological polar surface area (TPSA) is 84.2 Å². The maximum atomic E-state index is 12.8. The highest BCUT2D eigenvalue weighted by molar-refractivity contribution is 5.95. The molecule has 0 saturated carbocycles. The van der Waals surface area contributed by atoms with Gasteiger partial charge in [0.05, 0.1) is 0 Å². The Kier molecular flexibility index (Phi) is 4.88. The summed E-state index contributed by atoms with van der Waals surface area (Å²) < 4.78 is 17.6. The zero-order valence-corrected chi connectivity index (χ0v) is 12.2. The SMILES string of the molecule is Cc1cc(C(=O)NC(C)C(=O)NCc2ccc(F)cc2)no1. The second kappa shape index (κ2) is 6.84. The first-order chi connectivity index (χ1) is 10.5. The average Bonchev–Trinajstić information content (AvgIpc) is 2.93. The molecule has 22 heavy (non-hydrogen) atoms. The minimum atomic E-state index is -0.732. The van der Waals surface area contributed by atoms with E-state index in [9.17, 15) is 14.0 Å². The van der Waals surface area contributed by atoms with Gasteiger partial charge in [-0.15, -0.1) is 0 Å². The number of carbonyl (C=O) groups is 2. The number of hydrogen-bond acceptors (Lipinski definition) is 4. The maximum Gasteiger partial charge on any atom is 0.274 e. The van der Waals surface area contributed by atoms with Crippen LogP contribution in [0, 0.1) is 12.7 Å². The van der Waals surface area contributed by atoms with E-state index in [1.54, 1.807) is 26.0 Å². The van der Waals surface area contributed by atoms with Crippen molar-refractivity contribution in [1.29, 1.82) is 0 Å². The van der Waals surface area contributed by atoms with E-state index in [-0.39, 0.29) is 24.0 Å². The summed E-state index contributed by atoms with van der Waals surface area (Å²) >= 11 is 0. The summed E-state index contributed by atoms with van der Waals surface area (Å²) in [5.74, 6) is -0.656. The summed E-state index contributed by atoms with van der Waals surface area (Å²) in [5.41, 5.74) is 0.885. The molecule has 1 unspecified atom stereocenters. The summed E-state index contributed by atoms with van der Waals surface area (Å²) in [5, 5.41) is 8.76. The third-order valence-corrected chi connectivity index (χ3v) is 2.98. The highest BCUT2D eigenvalue weighted by atomic mass is 19.1. The quantitative estimate of drug-likeness (QED) is 0.878. The number of rotatable bonds is 5. The number of amides is 2. The molecule has 2 N–H and O–H groups in total. The molecule has 2 rings (SSSR count). The van der Waals surface area contributed by atoms with Crippen LogP contribution in [0.3, 0.4) is 0 Å². The lowest BCUT2D eigenvalue weighted by molar-refractivity contribution is -0.122. The van der Waals surface area contributed by atoms with Gasteiger partial charge >= 0.3 is 0 Å². The molecule has 0 bridgehead atoms. The van der Waals surface area contributed by atoms with Crippen LogP contribution in [0.2, 0.25) is 0 Å². The van der Waals surface area contributed by atoms with Crippen LogP contribution in [0.5, 0.6) is 0 Å². The van der Waals surface area contributed by atoms with Crippen molar-refractivity contribution >= 4 is 11.8 Å². The van der Waals surface area contributed by atoms with Crippen LogP contribution >= 0.6 is 0 Å². The summed E-state index contributed by atoms with van der Waals surface area (Å²) in [7, 11) is 0. The molecule has 0 saturated heterocycles. The zero-order valence-electron chi connectivity index (χ0n) is 12.2. The molecule has 2 aromatic rings. The molecule has 0 spiro atoms. The highest BCUT2D eigenvalue weighted by Gasteiger charge is 2.18. The lowest BCUT2D eigenvalue weighted by atomic mass is 10.2. The van der Waals surface area contributed by atoms with Gasteiger partial charge in [-0.2, -0.15) is 0 Å². The number of hydrogen-bond donors (Lipinski definition) is 2. The number of benzene rings is 1. The van der Waals surface area contributed by atoms with E-state index in [0.29, 0.717) is 5.76 Å². The molecule has 1 aromatic heterocycles. The molecule has 0 aliphatic carbocycles. The van der Waals surface area contributed by atoms with Crippen LogP contribution in [-0.2, 0) is 11.3 Å². The molecule has 116 valence electrons. The van der Waals surface area contributed by atoms with Gasteiger partial charge in [-0.05, 0) is 31.5 Å². The lowest BCUT2D eigenvalue weighted by Crippen LogP contribution is -2.44. The molecule has 1 aromatic carbocycles. The van der Waals surface area contributed by atoms with Crippen LogP contribution in [0.1, 0.15) is 28.7 Å². The van der Waals surface area contributed by atoms with Gasteiger partial charge in [0.25, 0.3) is 5.91 Å². The smallest absolute Gasteiger partial charge is 0.274 e. The van der Waals surface area contributed by atoms with Crippen LogP contribution < -0.4 is 10.6 Å². The largest absolute Gasteiger partial charge is 0.361 e. The van der Waals surface area contributed by atoms with Gasteiger partial charge < -0.3 is 15.2 Å². The first-order valence-corrected chi connectivity index (χ1v) is 6.72. The van der Waals surface area contributed by atoms with E-state index in [4.69, 9.17) is 4.52 Å². The van der Waals surface area contributed by atoms with Crippen LogP contribution in [-0.4, -0.2) is 23.0 Å². The second-order valence-corrected chi connectivity index (χ2v) is 4.86. The summed E-state index contributed by atoms with van der Waals surface area (Å²) in [4.78, 5) is 23.7. The normalized spacial score (nSPS) is 11.8. The molecule has 1 heterocycles. The predicted octanol–water partition coefficient (Wildman–Crippen LogP) is 1.56. The number of aryl methyl sites for hydroxylation is 1. The maximum absolute atomic E-state index is 12.8. The Hall–Kier alpha value is -2.70. The van der Waals surface area contributed by atoms with Crippen molar-refractivity contribution in [2.45, 2.75) is 26.4 Å². The molecular weight excluding hydrogens is 289 g/mol. The van der Waals surface area contributed by atoms with E-state index in [1.807, 2.05) is 0 Å². The fourth-order valence-electron chi connectivity index (χ4n) is 1.75. The number of carbonyl (C=O) groups excluding carboxylic acids is 2. The second-order valence-electron chi connectivity index (χ2n) is 4.86. The Morgan fingerprint density at radius 2 is 2.00 bits per heavy atom. The van der Waals surface area contributed by atoms with E-state index < -0.39 is 11.9 Å². The Morgan fingerprint density at radius 3 is 2.59 bits per heavy atom. The van der Waals surface area contributed by atoms with Gasteiger partial charge in [0.1, 0.15) is 17.6 Å². The average molecular weight is 305 g/mol. The third-order valence-electron chi connectivity index (χ3n) is 2.98. The van der Waals surface area contributed by atoms with Crippen molar-refractivity contribution in [3.05, 3.63) is 53.2 Å². The Balaban J connectivity index is 1.84. The van der Waals surface area contributed by atoms with Gasteiger partial charge in [-0.1, -0.05) is 17.3 Å². The van der Waals surface area contributed by atoms with E-state index in [1.165, 1.54) is 18.2 Å². The number of aromatic nitrogens is 1. The number of halogens is 1. The van der Waals surface area contributed by atoms with Crippen molar-refractivity contribution in [2.24, 2.45) is 0 Å². The predicted molar refractivity (Wildman–Crippen MR) is 76.4 cm³/mol. The molecule has 2 amide bonds. The molecule has 7 heteroatoms. The van der Waals surface area contributed by atoms with Crippen molar-refractivity contribution in [2.75, 3.05) is 0 Å². The lowest BCUT2D eigenvalue weighted by Gasteiger charge is -2.13. The highest BCUT2D eigenvalue weighted by Crippen LogP contribution is 2.03. The van der Waals surface area contributed by atoms with Crippen LogP contribution in [0.4, 0.5) is 4.39 Å². The summed E-state index contributed by atoms with van der Waals surface area (Å²) in [6, 6.07) is 6.55. The number of nitrogens with one attached hydrogen (secondary N) is 2. The Labute approximate surface area is 126 Å². The Bertz CT molecular complexity index is 667. The summed E-state index contributed by atoms with van der Waals surface area (Å²) in [6.45, 7) is 3.48. The molecule has 0 fully saturated rings. The third kappa shape index (κ3) is 4.15. The Morgan fingerprint density at radius 1 is 1.32 bits per heavy atom. The molecule has 0 aliphatic rings. The minimum Gasteiger partial charge on any atom is -0.361 e. The van der Waals surface area contributed by atoms with Crippen LogP contribution in [0.15, 0.2) is 34.9 Å². The zero-order chi connectivity index (χ0) is 16.1. The monoisotopic (exact) mass is 305 g/mol. The number of nitrogens with zero attached hydrogens (tertiary/aromatic N) is 1.